The Hall–Kier alpha value is -3.98. The van der Waals surface area contributed by atoms with Crippen molar-refractivity contribution in [3.05, 3.63) is 94.8 Å². The predicted molar refractivity (Wildman–Crippen MR) is 127 cm³/mol. The molecule has 0 saturated heterocycles. The lowest BCUT2D eigenvalue weighted by Crippen LogP contribution is -2.15. The number of pyridine rings is 2. The molecular weight excluding hydrogens is 436 g/mol. The van der Waals surface area contributed by atoms with Crippen molar-refractivity contribution in [2.24, 2.45) is 0 Å². The molecule has 0 spiro atoms. The molecule has 0 bridgehead atoms. The van der Waals surface area contributed by atoms with Gasteiger partial charge in [0.25, 0.3) is 5.56 Å². The minimum Gasteiger partial charge on any atom is -0.495 e. The van der Waals surface area contributed by atoms with E-state index in [0.29, 0.717) is 33.8 Å². The number of benzene rings is 1. The number of aromatic nitrogens is 6. The predicted octanol–water partition coefficient (Wildman–Crippen LogP) is 3.95. The van der Waals surface area contributed by atoms with Crippen molar-refractivity contribution in [1.29, 1.82) is 0 Å². The van der Waals surface area contributed by atoms with E-state index in [-0.39, 0.29) is 5.56 Å². The zero-order chi connectivity index (χ0) is 22.8. The molecule has 164 valence electrons. The Morgan fingerprint density at radius 1 is 1.03 bits per heavy atom. The van der Waals surface area contributed by atoms with Crippen LogP contribution in [-0.2, 0) is 5.75 Å². The van der Waals surface area contributed by atoms with Gasteiger partial charge in [-0.15, -0.1) is 10.2 Å². The van der Waals surface area contributed by atoms with Gasteiger partial charge in [0.05, 0.1) is 18.5 Å². The van der Waals surface area contributed by atoms with Crippen LogP contribution in [-0.4, -0.2) is 36.2 Å². The Morgan fingerprint density at radius 2 is 1.85 bits per heavy atom. The molecule has 0 aliphatic carbocycles. The van der Waals surface area contributed by atoms with E-state index in [2.05, 4.69) is 20.2 Å². The van der Waals surface area contributed by atoms with E-state index in [1.165, 1.54) is 11.8 Å². The van der Waals surface area contributed by atoms with Crippen molar-refractivity contribution >= 4 is 17.4 Å². The molecular formula is C24H20N6O2S. The molecule has 4 heterocycles. The van der Waals surface area contributed by atoms with Gasteiger partial charge < -0.3 is 4.74 Å². The molecule has 0 radical (unpaired) electrons. The van der Waals surface area contributed by atoms with E-state index in [4.69, 9.17) is 4.74 Å². The molecule has 1 aromatic carbocycles. The monoisotopic (exact) mass is 456 g/mol. The lowest BCUT2D eigenvalue weighted by Gasteiger charge is -2.13. The molecule has 0 aliphatic heterocycles. The van der Waals surface area contributed by atoms with Crippen LogP contribution >= 0.6 is 11.8 Å². The Kier molecular flexibility index (Phi) is 5.62. The first-order chi connectivity index (χ1) is 16.1. The van der Waals surface area contributed by atoms with E-state index >= 15 is 0 Å². The van der Waals surface area contributed by atoms with Crippen molar-refractivity contribution in [3.63, 3.8) is 0 Å². The number of hydrogen-bond donors (Lipinski definition) is 0. The number of ether oxygens (including phenoxy) is 1. The highest BCUT2D eigenvalue weighted by Gasteiger charge is 2.19. The molecule has 0 aliphatic rings. The highest BCUT2D eigenvalue weighted by atomic mass is 32.2. The van der Waals surface area contributed by atoms with Crippen LogP contribution in [0.1, 0.15) is 11.3 Å². The van der Waals surface area contributed by atoms with Gasteiger partial charge in [-0.05, 0) is 42.8 Å². The topological polar surface area (TPSA) is 87.2 Å². The highest BCUT2D eigenvalue weighted by molar-refractivity contribution is 7.98. The zero-order valence-electron chi connectivity index (χ0n) is 18.0. The molecule has 0 fully saturated rings. The lowest BCUT2D eigenvalue weighted by atomic mass is 10.2. The summed E-state index contributed by atoms with van der Waals surface area (Å²) in [6.45, 7) is 1.95. The summed E-state index contributed by atoms with van der Waals surface area (Å²) in [4.78, 5) is 21.3. The highest BCUT2D eigenvalue weighted by Crippen LogP contribution is 2.33. The average Bonchev–Trinajstić information content (AvgIpc) is 3.27. The largest absolute Gasteiger partial charge is 0.495 e. The number of aryl methyl sites for hydroxylation is 1. The van der Waals surface area contributed by atoms with Gasteiger partial charge >= 0.3 is 0 Å². The van der Waals surface area contributed by atoms with Gasteiger partial charge in [0.1, 0.15) is 11.4 Å². The SMILES string of the molecule is COc1ccccc1-n1c(SCc2cc(=O)n3cc(C)ccc3n2)nnc1-c1ccncc1. The number of nitrogens with zero attached hydrogens (tertiary/aromatic N) is 6. The molecule has 0 N–H and O–H groups in total. The summed E-state index contributed by atoms with van der Waals surface area (Å²) in [7, 11) is 1.64. The Bertz CT molecular complexity index is 1500. The van der Waals surface area contributed by atoms with Crippen molar-refractivity contribution in [1.82, 2.24) is 29.1 Å². The summed E-state index contributed by atoms with van der Waals surface area (Å²) in [5.41, 5.74) is 3.89. The van der Waals surface area contributed by atoms with Gasteiger partial charge in [-0.3, -0.25) is 18.7 Å². The number of methoxy groups -OCH3 is 1. The molecule has 0 unspecified atom stereocenters. The summed E-state index contributed by atoms with van der Waals surface area (Å²) in [6.07, 6.45) is 5.23. The molecule has 5 aromatic rings. The molecule has 5 rings (SSSR count). The van der Waals surface area contributed by atoms with Crippen LogP contribution in [0.15, 0.2) is 83.1 Å². The summed E-state index contributed by atoms with van der Waals surface area (Å²) in [5, 5.41) is 9.56. The van der Waals surface area contributed by atoms with E-state index in [9.17, 15) is 4.79 Å². The van der Waals surface area contributed by atoms with Crippen molar-refractivity contribution < 1.29 is 4.74 Å². The molecule has 8 nitrogen and oxygen atoms in total. The van der Waals surface area contributed by atoms with Crippen molar-refractivity contribution in [3.8, 4) is 22.8 Å². The van der Waals surface area contributed by atoms with Crippen LogP contribution in [0.5, 0.6) is 5.75 Å². The zero-order valence-corrected chi connectivity index (χ0v) is 18.9. The van der Waals surface area contributed by atoms with Gasteiger partial charge in [-0.2, -0.15) is 0 Å². The van der Waals surface area contributed by atoms with Crippen LogP contribution in [0.2, 0.25) is 0 Å². The first-order valence-electron chi connectivity index (χ1n) is 10.2. The smallest absolute Gasteiger partial charge is 0.258 e. The van der Waals surface area contributed by atoms with Crippen LogP contribution in [0, 0.1) is 6.92 Å². The van der Waals surface area contributed by atoms with Gasteiger partial charge in [0, 0.05) is 36.0 Å². The second-order valence-electron chi connectivity index (χ2n) is 7.36. The third kappa shape index (κ3) is 4.10. The van der Waals surface area contributed by atoms with Crippen molar-refractivity contribution in [2.75, 3.05) is 7.11 Å². The fourth-order valence-electron chi connectivity index (χ4n) is 3.55. The first-order valence-corrected chi connectivity index (χ1v) is 11.2. The minimum absolute atomic E-state index is 0.108. The Labute approximate surface area is 193 Å². The first kappa shape index (κ1) is 20.9. The number of hydrogen-bond acceptors (Lipinski definition) is 7. The van der Waals surface area contributed by atoms with E-state index in [1.807, 2.05) is 60.0 Å². The van der Waals surface area contributed by atoms with E-state index in [1.54, 1.807) is 36.2 Å². The molecule has 0 saturated carbocycles. The Morgan fingerprint density at radius 3 is 2.67 bits per heavy atom. The van der Waals surface area contributed by atoms with Crippen LogP contribution in [0.25, 0.3) is 22.7 Å². The molecule has 0 amide bonds. The number of para-hydroxylation sites is 2. The normalized spacial score (nSPS) is 11.1. The molecule has 0 atom stereocenters. The third-order valence-corrected chi connectivity index (χ3v) is 6.07. The second-order valence-corrected chi connectivity index (χ2v) is 8.30. The van der Waals surface area contributed by atoms with Gasteiger partial charge in [-0.25, -0.2) is 4.98 Å². The van der Waals surface area contributed by atoms with Gasteiger partial charge in [-0.1, -0.05) is 30.0 Å². The maximum Gasteiger partial charge on any atom is 0.258 e. The molecule has 9 heteroatoms. The fourth-order valence-corrected chi connectivity index (χ4v) is 4.39. The third-order valence-electron chi connectivity index (χ3n) is 5.11. The number of rotatable bonds is 6. The Balaban J connectivity index is 1.55. The lowest BCUT2D eigenvalue weighted by molar-refractivity contribution is 0.412. The maximum atomic E-state index is 12.6. The standard InChI is InChI=1S/C24H20N6O2S/c1-16-7-8-21-26-18(13-22(31)29(21)14-16)15-33-24-28-27-23(17-9-11-25-12-10-17)30(24)19-5-3-4-6-20(19)32-2/h3-14H,15H2,1-2H3. The minimum atomic E-state index is -0.108. The number of thioether (sulfide) groups is 1. The average molecular weight is 457 g/mol. The number of fused-ring (bicyclic) bond motifs is 1. The van der Waals surface area contributed by atoms with Crippen LogP contribution in [0.4, 0.5) is 0 Å². The van der Waals surface area contributed by atoms with E-state index in [0.717, 1.165) is 16.8 Å². The summed E-state index contributed by atoms with van der Waals surface area (Å²) >= 11 is 1.46. The van der Waals surface area contributed by atoms with Crippen LogP contribution in [0.3, 0.4) is 0 Å². The van der Waals surface area contributed by atoms with Crippen molar-refractivity contribution in [2.45, 2.75) is 17.8 Å². The second kappa shape index (κ2) is 8.87. The van der Waals surface area contributed by atoms with Crippen LogP contribution < -0.4 is 10.3 Å². The fraction of sp³-hybridized carbons (Fsp3) is 0.125. The quantitative estimate of drug-likeness (QED) is 0.358. The van der Waals surface area contributed by atoms with E-state index < -0.39 is 0 Å². The maximum absolute atomic E-state index is 12.6. The molecule has 33 heavy (non-hydrogen) atoms. The van der Waals surface area contributed by atoms with Gasteiger partial charge in [0.2, 0.25) is 0 Å². The summed E-state index contributed by atoms with van der Waals surface area (Å²) in [6, 6.07) is 16.8. The summed E-state index contributed by atoms with van der Waals surface area (Å²) in [5.74, 6) is 1.83. The van der Waals surface area contributed by atoms with Gasteiger partial charge in [0.15, 0.2) is 11.0 Å². The summed E-state index contributed by atoms with van der Waals surface area (Å²) < 4.78 is 9.11. The molecule has 4 aromatic heterocycles.